The van der Waals surface area contributed by atoms with Crippen LogP contribution in [-0.2, 0) is 9.59 Å². The summed E-state index contributed by atoms with van der Waals surface area (Å²) in [6, 6.07) is 16.9. The first-order valence-electron chi connectivity index (χ1n) is 9.72. The third-order valence-corrected chi connectivity index (χ3v) is 5.33. The third kappa shape index (κ3) is 6.74. The molecule has 0 unspecified atom stereocenters. The molecule has 2 N–H and O–H groups in total. The van der Waals surface area contributed by atoms with Gasteiger partial charge in [0.05, 0.1) is 11.8 Å². The average Bonchev–Trinajstić information content (AvgIpc) is 2.77. The number of rotatable bonds is 5. The molecular weight excluding hydrogens is 510 g/mol. The van der Waals surface area contributed by atoms with Crippen molar-refractivity contribution in [3.63, 3.8) is 0 Å². The minimum Gasteiger partial charge on any atom is -0.422 e. The molecule has 0 radical (unpaired) electrons. The lowest BCUT2D eigenvalue weighted by Gasteiger charge is -2.09. The van der Waals surface area contributed by atoms with Gasteiger partial charge in [-0.15, -0.1) is 0 Å². The molecule has 0 heterocycles. The zero-order valence-corrected chi connectivity index (χ0v) is 20.0. The Labute approximate surface area is 203 Å². The van der Waals surface area contributed by atoms with Crippen molar-refractivity contribution in [3.05, 3.63) is 92.4 Å². The summed E-state index contributed by atoms with van der Waals surface area (Å²) in [4.78, 5) is 36.6. The number of hydrogen-bond donors (Lipinski definition) is 2. The highest BCUT2D eigenvalue weighted by Crippen LogP contribution is 2.23. The van der Waals surface area contributed by atoms with Gasteiger partial charge in [-0.1, -0.05) is 51.3 Å². The Balaban J connectivity index is 1.67. The summed E-state index contributed by atoms with van der Waals surface area (Å²) in [5.41, 5.74) is 5.12. The molecule has 0 fully saturated rings. The molecule has 0 aliphatic carbocycles. The number of nitrogens with zero attached hydrogens (tertiary/aromatic N) is 1. The van der Waals surface area contributed by atoms with E-state index in [1.807, 2.05) is 19.9 Å². The minimum atomic E-state index is -0.976. The van der Waals surface area contributed by atoms with E-state index < -0.39 is 17.8 Å². The van der Waals surface area contributed by atoms with Crippen LogP contribution in [0.4, 0.5) is 5.69 Å². The van der Waals surface area contributed by atoms with Crippen molar-refractivity contribution in [1.82, 2.24) is 5.43 Å². The number of ether oxygens (including phenoxy) is 1. The van der Waals surface area contributed by atoms with Gasteiger partial charge in [0.25, 0.3) is 0 Å². The molecule has 3 rings (SSSR count). The molecule has 7 nitrogen and oxygen atoms in total. The number of anilines is 1. The van der Waals surface area contributed by atoms with Crippen LogP contribution < -0.4 is 15.5 Å². The molecule has 33 heavy (non-hydrogen) atoms. The van der Waals surface area contributed by atoms with Gasteiger partial charge in [-0.05, 0) is 61.9 Å². The van der Waals surface area contributed by atoms with E-state index in [1.165, 1.54) is 6.21 Å². The van der Waals surface area contributed by atoms with Crippen LogP contribution in [0, 0.1) is 13.8 Å². The maximum Gasteiger partial charge on any atom is 0.343 e. The second-order valence-corrected chi connectivity index (χ2v) is 8.38. The number of halogens is 2. The number of nitrogens with one attached hydrogen (secondary N) is 2. The van der Waals surface area contributed by atoms with Crippen LogP contribution >= 0.6 is 27.5 Å². The van der Waals surface area contributed by atoms with Gasteiger partial charge >= 0.3 is 17.8 Å². The van der Waals surface area contributed by atoms with Crippen LogP contribution in [-0.4, -0.2) is 24.0 Å². The predicted molar refractivity (Wildman–Crippen MR) is 131 cm³/mol. The summed E-state index contributed by atoms with van der Waals surface area (Å²) < 4.78 is 6.20. The zero-order chi connectivity index (χ0) is 24.0. The summed E-state index contributed by atoms with van der Waals surface area (Å²) >= 11 is 9.37. The molecule has 168 valence electrons. The average molecular weight is 529 g/mol. The number of hydrogen-bond acceptors (Lipinski definition) is 5. The highest BCUT2D eigenvalue weighted by Gasteiger charge is 2.14. The molecule has 0 saturated heterocycles. The fourth-order valence-electron chi connectivity index (χ4n) is 2.71. The Morgan fingerprint density at radius 3 is 2.52 bits per heavy atom. The monoisotopic (exact) mass is 527 g/mol. The largest absolute Gasteiger partial charge is 0.422 e. The van der Waals surface area contributed by atoms with Crippen molar-refractivity contribution in [1.29, 1.82) is 0 Å². The molecule has 3 aromatic carbocycles. The van der Waals surface area contributed by atoms with E-state index in [0.29, 0.717) is 26.3 Å². The molecule has 0 aliphatic rings. The molecule has 0 bridgehead atoms. The number of hydrazone groups is 1. The standard InChI is InChI=1S/C24H19BrClN3O4/c1-14-4-3-5-16(10-14)24(32)33-21-9-7-18(25)11-17(21)13-27-29-23(31)22(30)28-19-8-6-15(2)20(26)12-19/h3-13H,1-2H3,(H,28,30)(H,29,31)/b27-13+. The fourth-order valence-corrected chi connectivity index (χ4v) is 3.27. The lowest BCUT2D eigenvalue weighted by atomic mass is 10.1. The first-order valence-corrected chi connectivity index (χ1v) is 10.9. The maximum absolute atomic E-state index is 12.5. The lowest BCUT2D eigenvalue weighted by Crippen LogP contribution is -2.32. The van der Waals surface area contributed by atoms with E-state index in [0.717, 1.165) is 11.1 Å². The van der Waals surface area contributed by atoms with Crippen molar-refractivity contribution in [2.45, 2.75) is 13.8 Å². The molecule has 0 aromatic heterocycles. The molecule has 0 spiro atoms. The topological polar surface area (TPSA) is 96.9 Å². The van der Waals surface area contributed by atoms with Gasteiger partial charge in [0.2, 0.25) is 0 Å². The van der Waals surface area contributed by atoms with E-state index in [2.05, 4.69) is 31.8 Å². The van der Waals surface area contributed by atoms with Gasteiger partial charge in [-0.25, -0.2) is 10.2 Å². The van der Waals surface area contributed by atoms with E-state index in [1.54, 1.807) is 54.6 Å². The van der Waals surface area contributed by atoms with Gasteiger partial charge in [0.15, 0.2) is 0 Å². The van der Waals surface area contributed by atoms with Crippen LogP contribution in [0.2, 0.25) is 5.02 Å². The summed E-state index contributed by atoms with van der Waals surface area (Å²) in [7, 11) is 0. The van der Waals surface area contributed by atoms with Gasteiger partial charge < -0.3 is 10.1 Å². The third-order valence-electron chi connectivity index (χ3n) is 4.43. The quantitative estimate of drug-likeness (QED) is 0.160. The molecule has 9 heteroatoms. The van der Waals surface area contributed by atoms with Crippen LogP contribution in [0.15, 0.2) is 70.2 Å². The van der Waals surface area contributed by atoms with E-state index in [-0.39, 0.29) is 5.75 Å². The van der Waals surface area contributed by atoms with Gasteiger partial charge in [-0.3, -0.25) is 9.59 Å². The van der Waals surface area contributed by atoms with Gasteiger partial charge in [-0.2, -0.15) is 5.10 Å². The van der Waals surface area contributed by atoms with Crippen LogP contribution in [0.5, 0.6) is 5.75 Å². The fraction of sp³-hybridized carbons (Fsp3) is 0.0833. The molecule has 0 aliphatic heterocycles. The van der Waals surface area contributed by atoms with E-state index >= 15 is 0 Å². The second kappa shape index (κ2) is 10.9. The number of esters is 1. The summed E-state index contributed by atoms with van der Waals surface area (Å²) in [5.74, 6) is -2.18. The Kier molecular flexibility index (Phi) is 7.97. The Bertz CT molecular complexity index is 1260. The van der Waals surface area contributed by atoms with Crippen LogP contribution in [0.25, 0.3) is 0 Å². The summed E-state index contributed by atoms with van der Waals surface area (Å²) in [6.07, 6.45) is 1.28. The molecule has 0 atom stereocenters. The summed E-state index contributed by atoms with van der Waals surface area (Å²) in [6.45, 7) is 3.70. The van der Waals surface area contributed by atoms with Gasteiger partial charge in [0.1, 0.15) is 5.75 Å². The molecule has 3 aromatic rings. The van der Waals surface area contributed by atoms with Crippen molar-refractivity contribution in [3.8, 4) is 5.75 Å². The number of amides is 2. The Hall–Kier alpha value is -3.49. The van der Waals surface area contributed by atoms with Crippen LogP contribution in [0.1, 0.15) is 27.0 Å². The van der Waals surface area contributed by atoms with Crippen LogP contribution in [0.3, 0.4) is 0 Å². The first kappa shape index (κ1) is 24.2. The number of carbonyl (C=O) groups excluding carboxylic acids is 3. The normalized spacial score (nSPS) is 10.7. The lowest BCUT2D eigenvalue weighted by molar-refractivity contribution is -0.136. The summed E-state index contributed by atoms with van der Waals surface area (Å²) in [5, 5.41) is 6.72. The Morgan fingerprint density at radius 1 is 1.00 bits per heavy atom. The molecular formula is C24H19BrClN3O4. The number of carbonyl (C=O) groups is 3. The highest BCUT2D eigenvalue weighted by atomic mass is 79.9. The zero-order valence-electron chi connectivity index (χ0n) is 17.7. The van der Waals surface area contributed by atoms with Crippen molar-refractivity contribution in [2.24, 2.45) is 5.10 Å². The van der Waals surface area contributed by atoms with Crippen molar-refractivity contribution >= 4 is 57.2 Å². The second-order valence-electron chi connectivity index (χ2n) is 7.06. The van der Waals surface area contributed by atoms with E-state index in [4.69, 9.17) is 16.3 Å². The van der Waals surface area contributed by atoms with Crippen molar-refractivity contribution < 1.29 is 19.1 Å². The van der Waals surface area contributed by atoms with E-state index in [9.17, 15) is 14.4 Å². The maximum atomic E-state index is 12.5. The minimum absolute atomic E-state index is 0.237. The predicted octanol–water partition coefficient (Wildman–Crippen LogP) is 5.03. The smallest absolute Gasteiger partial charge is 0.343 e. The molecule has 0 saturated carbocycles. The number of benzene rings is 3. The SMILES string of the molecule is Cc1cccc(C(=O)Oc2ccc(Br)cc2/C=N/NC(=O)C(=O)Nc2ccc(C)c(Cl)c2)c1. The number of aryl methyl sites for hydroxylation is 2. The molecule has 2 amide bonds. The highest BCUT2D eigenvalue weighted by molar-refractivity contribution is 9.10. The van der Waals surface area contributed by atoms with Gasteiger partial charge in [0, 0.05) is 20.7 Å². The Morgan fingerprint density at radius 2 is 1.79 bits per heavy atom. The van der Waals surface area contributed by atoms with Crippen molar-refractivity contribution in [2.75, 3.05) is 5.32 Å². The first-order chi connectivity index (χ1) is 15.7.